The molecule has 0 fully saturated rings. The van der Waals surface area contributed by atoms with Crippen molar-refractivity contribution in [3.8, 4) is 11.4 Å². The van der Waals surface area contributed by atoms with Crippen LogP contribution < -0.4 is 4.90 Å². The molecule has 1 aliphatic rings. The average Bonchev–Trinajstić information content (AvgIpc) is 3.49. The van der Waals surface area contributed by atoms with Gasteiger partial charge in [-0.3, -0.25) is 4.79 Å². The Morgan fingerprint density at radius 1 is 1.00 bits per heavy atom. The number of rotatable bonds is 4. The van der Waals surface area contributed by atoms with E-state index in [4.69, 9.17) is 4.42 Å². The fourth-order valence-electron chi connectivity index (χ4n) is 3.72. The van der Waals surface area contributed by atoms with Crippen molar-refractivity contribution in [1.29, 1.82) is 0 Å². The molecule has 0 bridgehead atoms. The van der Waals surface area contributed by atoms with Crippen LogP contribution in [0.1, 0.15) is 17.7 Å². The normalized spacial score (nSPS) is 13.9. The van der Waals surface area contributed by atoms with E-state index in [1.807, 2.05) is 48.5 Å². The van der Waals surface area contributed by atoms with Crippen LogP contribution in [0.15, 0.2) is 77.4 Å². The largest absolute Gasteiger partial charge is 0.465 e. The molecular formula is C23H19N5O2. The topological polar surface area (TPSA) is 77.0 Å². The Morgan fingerprint density at radius 3 is 2.67 bits per heavy atom. The minimum atomic E-state index is -0.178. The van der Waals surface area contributed by atoms with E-state index in [-0.39, 0.29) is 5.91 Å². The quantitative estimate of drug-likeness (QED) is 0.488. The molecule has 0 N–H and O–H groups in total. The fourth-order valence-corrected chi connectivity index (χ4v) is 3.72. The van der Waals surface area contributed by atoms with Crippen molar-refractivity contribution in [3.63, 3.8) is 0 Å². The number of fused-ring (bicyclic) bond motifs is 1. The number of aromatic nitrogens is 4. The first-order valence-corrected chi connectivity index (χ1v) is 9.80. The second-order valence-electron chi connectivity index (χ2n) is 7.01. The third-order valence-corrected chi connectivity index (χ3v) is 5.13. The van der Waals surface area contributed by atoms with Crippen LogP contribution in [0.5, 0.6) is 0 Å². The highest BCUT2D eigenvalue weighted by Crippen LogP contribution is 2.30. The number of para-hydroxylation sites is 1. The maximum Gasteiger partial charge on any atom is 0.277 e. The predicted octanol–water partition coefficient (Wildman–Crippen LogP) is 3.91. The molecule has 0 saturated heterocycles. The number of carbonyl (C=O) groups is 1. The number of benzene rings is 2. The van der Waals surface area contributed by atoms with Crippen LogP contribution in [0.2, 0.25) is 0 Å². The van der Waals surface area contributed by atoms with Crippen LogP contribution in [0.3, 0.4) is 0 Å². The molecule has 1 amide bonds. The molecule has 0 radical (unpaired) electrons. The molecule has 0 spiro atoms. The molecule has 1 aliphatic heterocycles. The molecule has 0 atom stereocenters. The lowest BCUT2D eigenvalue weighted by Gasteiger charge is -2.30. The van der Waals surface area contributed by atoms with Crippen LogP contribution in [0.25, 0.3) is 23.2 Å². The van der Waals surface area contributed by atoms with Crippen LogP contribution in [0, 0.1) is 0 Å². The summed E-state index contributed by atoms with van der Waals surface area (Å²) in [4.78, 5) is 15.6. The van der Waals surface area contributed by atoms with Crippen molar-refractivity contribution in [1.82, 2.24) is 20.2 Å². The highest BCUT2D eigenvalue weighted by atomic mass is 16.3. The van der Waals surface area contributed by atoms with Gasteiger partial charge in [-0.15, -0.1) is 5.10 Å². The van der Waals surface area contributed by atoms with E-state index in [2.05, 4.69) is 21.6 Å². The summed E-state index contributed by atoms with van der Waals surface area (Å²) in [7, 11) is 0. The van der Waals surface area contributed by atoms with Gasteiger partial charge in [0, 0.05) is 23.9 Å². The zero-order chi connectivity index (χ0) is 20.3. The summed E-state index contributed by atoms with van der Waals surface area (Å²) in [5, 5.41) is 12.2. The molecule has 30 heavy (non-hydrogen) atoms. The highest BCUT2D eigenvalue weighted by Gasteiger charge is 2.28. The number of tetrazole rings is 1. The summed E-state index contributed by atoms with van der Waals surface area (Å²) in [5.41, 5.74) is 3.23. The van der Waals surface area contributed by atoms with E-state index in [9.17, 15) is 4.79 Å². The Hall–Kier alpha value is -4.00. The van der Waals surface area contributed by atoms with Gasteiger partial charge in [-0.2, -0.15) is 4.68 Å². The number of carbonyl (C=O) groups excluding carboxylic acids is 1. The molecule has 5 rings (SSSR count). The van der Waals surface area contributed by atoms with Gasteiger partial charge in [0.05, 0.1) is 6.26 Å². The summed E-state index contributed by atoms with van der Waals surface area (Å²) >= 11 is 0. The molecular weight excluding hydrogens is 378 g/mol. The van der Waals surface area contributed by atoms with Gasteiger partial charge in [0.2, 0.25) is 0 Å². The highest BCUT2D eigenvalue weighted by molar-refractivity contribution is 6.25. The summed E-state index contributed by atoms with van der Waals surface area (Å²) in [6, 6.07) is 21.1. The lowest BCUT2D eigenvalue weighted by atomic mass is 10.0. The molecule has 0 aliphatic carbocycles. The third-order valence-electron chi connectivity index (χ3n) is 5.13. The molecule has 2 aromatic heterocycles. The first-order valence-electron chi connectivity index (χ1n) is 9.80. The maximum absolute atomic E-state index is 13.8. The van der Waals surface area contributed by atoms with Gasteiger partial charge in [-0.25, -0.2) is 0 Å². The van der Waals surface area contributed by atoms with Crippen LogP contribution in [-0.4, -0.2) is 32.7 Å². The zero-order valence-electron chi connectivity index (χ0n) is 16.2. The minimum Gasteiger partial charge on any atom is -0.465 e. The molecule has 3 heterocycles. The van der Waals surface area contributed by atoms with Gasteiger partial charge in [-0.05, 0) is 47.0 Å². The summed E-state index contributed by atoms with van der Waals surface area (Å²) < 4.78 is 6.97. The van der Waals surface area contributed by atoms with Crippen LogP contribution in [-0.2, 0) is 11.2 Å². The van der Waals surface area contributed by atoms with Crippen molar-refractivity contribution in [2.75, 3.05) is 11.4 Å². The maximum atomic E-state index is 13.8. The van der Waals surface area contributed by atoms with E-state index in [0.29, 0.717) is 23.8 Å². The first kappa shape index (κ1) is 18.1. The van der Waals surface area contributed by atoms with Crippen molar-refractivity contribution >= 4 is 23.4 Å². The Balaban J connectivity index is 1.62. The molecule has 4 aromatic rings. The predicted molar refractivity (Wildman–Crippen MR) is 113 cm³/mol. The number of anilines is 1. The molecule has 0 unspecified atom stereocenters. The Morgan fingerprint density at radius 2 is 1.83 bits per heavy atom. The zero-order valence-corrected chi connectivity index (χ0v) is 16.2. The molecule has 148 valence electrons. The molecule has 7 heteroatoms. The van der Waals surface area contributed by atoms with E-state index in [1.54, 1.807) is 29.4 Å². The molecule has 2 aromatic carbocycles. The monoisotopic (exact) mass is 397 g/mol. The fraction of sp³-hybridized carbons (Fsp3) is 0.130. The van der Waals surface area contributed by atoms with Gasteiger partial charge in [-0.1, -0.05) is 48.5 Å². The van der Waals surface area contributed by atoms with Crippen molar-refractivity contribution in [3.05, 3.63) is 84.3 Å². The lowest BCUT2D eigenvalue weighted by Crippen LogP contribution is -2.37. The standard InChI is InChI=1S/C23H19N5O2/c29-23(27-14-6-11-17-8-4-5-13-20(17)27)21(16-19-12-7-15-30-19)28-22(24-25-26-28)18-9-2-1-3-10-18/h1-5,7-10,12-13,15-16H,6,11,14H2/b21-16-. The number of hydrogen-bond donors (Lipinski definition) is 0. The van der Waals surface area contributed by atoms with Gasteiger partial charge in [0.25, 0.3) is 5.91 Å². The number of hydrogen-bond acceptors (Lipinski definition) is 5. The van der Waals surface area contributed by atoms with Crippen molar-refractivity contribution in [2.24, 2.45) is 0 Å². The summed E-state index contributed by atoms with van der Waals surface area (Å²) in [6.45, 7) is 0.633. The van der Waals surface area contributed by atoms with Crippen LogP contribution >= 0.6 is 0 Å². The van der Waals surface area contributed by atoms with E-state index >= 15 is 0 Å². The first-order chi connectivity index (χ1) is 14.8. The minimum absolute atomic E-state index is 0.178. The number of nitrogens with zero attached hydrogens (tertiary/aromatic N) is 5. The SMILES string of the molecule is O=C(/C(=C/c1ccco1)n1nnnc1-c1ccccc1)N1CCCc2ccccc21. The Kier molecular flexibility index (Phi) is 4.69. The second kappa shape index (κ2) is 7.79. The van der Waals surface area contributed by atoms with E-state index in [1.165, 1.54) is 4.68 Å². The third kappa shape index (κ3) is 3.30. The lowest BCUT2D eigenvalue weighted by molar-refractivity contribution is -0.113. The van der Waals surface area contributed by atoms with Crippen LogP contribution in [0.4, 0.5) is 5.69 Å². The number of amides is 1. The second-order valence-corrected chi connectivity index (χ2v) is 7.01. The van der Waals surface area contributed by atoms with Crippen molar-refractivity contribution < 1.29 is 9.21 Å². The van der Waals surface area contributed by atoms with Gasteiger partial charge < -0.3 is 9.32 Å². The summed E-state index contributed by atoms with van der Waals surface area (Å²) in [6.07, 6.45) is 5.11. The van der Waals surface area contributed by atoms with Crippen molar-refractivity contribution in [2.45, 2.75) is 12.8 Å². The van der Waals surface area contributed by atoms with E-state index < -0.39 is 0 Å². The smallest absolute Gasteiger partial charge is 0.277 e. The number of aryl methyl sites for hydroxylation is 1. The average molecular weight is 397 g/mol. The van der Waals surface area contributed by atoms with Gasteiger partial charge >= 0.3 is 0 Å². The van der Waals surface area contributed by atoms with E-state index in [0.717, 1.165) is 29.7 Å². The summed E-state index contributed by atoms with van der Waals surface area (Å²) in [5.74, 6) is 0.869. The van der Waals surface area contributed by atoms with Gasteiger partial charge in [0.15, 0.2) is 5.82 Å². The van der Waals surface area contributed by atoms with Gasteiger partial charge in [0.1, 0.15) is 11.5 Å². The molecule has 7 nitrogen and oxygen atoms in total. The molecule has 0 saturated carbocycles. The Bertz CT molecular complexity index is 1200. The number of furan rings is 1. The Labute approximate surface area is 173 Å².